The van der Waals surface area contributed by atoms with E-state index in [1.165, 1.54) is 9.35 Å². The third kappa shape index (κ3) is 4.17. The van der Waals surface area contributed by atoms with Gasteiger partial charge < -0.3 is 21.2 Å². The van der Waals surface area contributed by atoms with Crippen LogP contribution in [0.3, 0.4) is 0 Å². The number of nitrogens with zero attached hydrogens (tertiary/aromatic N) is 4. The first-order valence-corrected chi connectivity index (χ1v) is 9.21. The summed E-state index contributed by atoms with van der Waals surface area (Å²) in [5, 5.41) is 13.3. The van der Waals surface area contributed by atoms with E-state index in [0.717, 1.165) is 5.56 Å². The number of nitrogens with two attached hydrogens (primary N) is 2. The Labute approximate surface area is 171 Å². The molecule has 6 N–H and O–H groups in total. The zero-order valence-corrected chi connectivity index (χ0v) is 17.4. The van der Waals surface area contributed by atoms with E-state index in [0.29, 0.717) is 32.7 Å². The van der Waals surface area contributed by atoms with Crippen molar-refractivity contribution < 1.29 is 9.47 Å². The molecule has 10 nitrogen and oxygen atoms in total. The lowest BCUT2D eigenvalue weighted by Crippen LogP contribution is -2.17. The number of nitrogen functional groups attached to an aromatic ring is 2. The van der Waals surface area contributed by atoms with Gasteiger partial charge in [-0.25, -0.2) is 9.35 Å². The van der Waals surface area contributed by atoms with E-state index in [2.05, 4.69) is 41.2 Å². The van der Waals surface area contributed by atoms with Crippen LogP contribution in [0.2, 0.25) is 0 Å². The maximum Gasteiger partial charge on any atom is 0.214 e. The average Bonchev–Trinajstić information content (AvgIpc) is 3.13. The van der Waals surface area contributed by atoms with Crippen molar-refractivity contribution >= 4 is 24.4 Å². The number of nitrogens with one attached hydrogen (secondary N) is 2. The van der Waals surface area contributed by atoms with Gasteiger partial charge >= 0.3 is 0 Å². The quantitative estimate of drug-likeness (QED) is 0.350. The molecule has 0 aliphatic heterocycles. The number of hydrogen-bond acceptors (Lipinski definition) is 8. The Kier molecular flexibility index (Phi) is 5.42. The van der Waals surface area contributed by atoms with Crippen molar-refractivity contribution in [2.75, 3.05) is 11.7 Å². The number of rotatable bonds is 6. The molecule has 1 aromatic carbocycles. The van der Waals surface area contributed by atoms with Crippen LogP contribution in [0.4, 0.5) is 0 Å². The molecule has 0 aliphatic rings. The molecule has 0 amide bonds. The Hall–Kier alpha value is -2.86. The van der Waals surface area contributed by atoms with Crippen LogP contribution in [0, 0.1) is 9.54 Å². The van der Waals surface area contributed by atoms with Gasteiger partial charge in [0, 0.05) is 5.56 Å². The van der Waals surface area contributed by atoms with E-state index in [4.69, 9.17) is 45.6 Å². The van der Waals surface area contributed by atoms with Crippen molar-refractivity contribution in [3.63, 3.8) is 0 Å². The zero-order valence-electron chi connectivity index (χ0n) is 15.7. The van der Waals surface area contributed by atoms with E-state index in [1.54, 1.807) is 0 Å². The van der Waals surface area contributed by atoms with E-state index in [9.17, 15) is 0 Å². The monoisotopic (exact) mass is 422 g/mol. The largest absolute Gasteiger partial charge is 0.486 e. The fourth-order valence-corrected chi connectivity index (χ4v) is 2.78. The minimum Gasteiger partial charge on any atom is -0.486 e. The topological polar surface area (TPSA) is 138 Å². The predicted molar refractivity (Wildman–Crippen MR) is 109 cm³/mol. The third-order valence-corrected chi connectivity index (χ3v) is 4.61. The Morgan fingerprint density at radius 1 is 0.964 bits per heavy atom. The van der Waals surface area contributed by atoms with Gasteiger partial charge in [0.2, 0.25) is 9.54 Å². The number of aromatic nitrogens is 6. The molecule has 28 heavy (non-hydrogen) atoms. The van der Waals surface area contributed by atoms with Crippen molar-refractivity contribution in [2.24, 2.45) is 0 Å². The maximum absolute atomic E-state index is 5.94. The second-order valence-corrected chi connectivity index (χ2v) is 7.89. The first kappa shape index (κ1) is 19.9. The molecule has 150 valence electrons. The summed E-state index contributed by atoms with van der Waals surface area (Å²) in [5.41, 5.74) is 0.782. The second kappa shape index (κ2) is 7.64. The Bertz CT molecular complexity index is 1090. The summed E-state index contributed by atoms with van der Waals surface area (Å²) in [7, 11) is 0. The molecule has 0 fully saturated rings. The highest BCUT2D eigenvalue weighted by Gasteiger charge is 2.21. The number of ether oxygens (including phenoxy) is 2. The lowest BCUT2D eigenvalue weighted by Gasteiger charge is -2.23. The van der Waals surface area contributed by atoms with Crippen LogP contribution in [0.15, 0.2) is 18.2 Å². The van der Waals surface area contributed by atoms with Gasteiger partial charge in [0.1, 0.15) is 24.7 Å². The van der Waals surface area contributed by atoms with Gasteiger partial charge in [-0.15, -0.1) is 0 Å². The van der Waals surface area contributed by atoms with Gasteiger partial charge in [0.25, 0.3) is 0 Å². The highest BCUT2D eigenvalue weighted by molar-refractivity contribution is 7.71. The number of H-pyrrole nitrogens is 2. The van der Waals surface area contributed by atoms with Crippen LogP contribution in [-0.2, 0) is 18.6 Å². The molecule has 3 aromatic rings. The van der Waals surface area contributed by atoms with E-state index < -0.39 is 0 Å². The van der Waals surface area contributed by atoms with Crippen LogP contribution in [0.1, 0.15) is 38.0 Å². The van der Waals surface area contributed by atoms with Gasteiger partial charge in [-0.2, -0.15) is 10.2 Å². The molecule has 2 aromatic heterocycles. The third-order valence-electron chi connectivity index (χ3n) is 4.04. The minimum absolute atomic E-state index is 0.176. The molecule has 0 saturated heterocycles. The van der Waals surface area contributed by atoms with Crippen LogP contribution in [0.25, 0.3) is 0 Å². The number of hydrogen-bond donors (Lipinski definition) is 4. The lowest BCUT2D eigenvalue weighted by molar-refractivity contribution is 0.277. The Morgan fingerprint density at radius 3 is 1.96 bits per heavy atom. The molecule has 0 aliphatic carbocycles. The molecule has 0 radical (unpaired) electrons. The van der Waals surface area contributed by atoms with Crippen molar-refractivity contribution in [2.45, 2.75) is 39.4 Å². The van der Waals surface area contributed by atoms with Gasteiger partial charge in [0.15, 0.2) is 11.6 Å². The summed E-state index contributed by atoms with van der Waals surface area (Å²) in [5.74, 6) is 14.0. The lowest BCUT2D eigenvalue weighted by atomic mass is 9.86. The van der Waals surface area contributed by atoms with Crippen molar-refractivity contribution in [1.29, 1.82) is 0 Å². The first-order chi connectivity index (χ1) is 13.2. The standard InChI is InChI=1S/C16H22N8O2S2/c1-16(2,3)10-6-9(25-7-12-19-21-14(27)23(12)17)4-5-11(10)26-8-13-20-22-15(28)24(13)18/h4-6H,7-8,17-18H2,1-3H3,(H,21,27)(H,22,28). The summed E-state index contributed by atoms with van der Waals surface area (Å²) in [6.45, 7) is 6.61. The number of aromatic amines is 2. The zero-order chi connectivity index (χ0) is 20.5. The van der Waals surface area contributed by atoms with Crippen LogP contribution in [0.5, 0.6) is 11.5 Å². The Balaban J connectivity index is 1.79. The van der Waals surface area contributed by atoms with Gasteiger partial charge in [-0.05, 0) is 48.0 Å². The minimum atomic E-state index is -0.184. The highest BCUT2D eigenvalue weighted by atomic mass is 32.1. The van der Waals surface area contributed by atoms with Crippen molar-refractivity contribution in [1.82, 2.24) is 29.7 Å². The second-order valence-electron chi connectivity index (χ2n) is 7.12. The fourth-order valence-electron chi connectivity index (χ4n) is 2.48. The van der Waals surface area contributed by atoms with E-state index in [1.807, 2.05) is 18.2 Å². The van der Waals surface area contributed by atoms with E-state index >= 15 is 0 Å². The molecule has 2 heterocycles. The van der Waals surface area contributed by atoms with Crippen LogP contribution < -0.4 is 21.2 Å². The molecular formula is C16H22N8O2S2. The predicted octanol–water partition coefficient (Wildman–Crippen LogP) is 2.08. The molecule has 0 atom stereocenters. The summed E-state index contributed by atoms with van der Waals surface area (Å²) < 4.78 is 15.0. The van der Waals surface area contributed by atoms with Gasteiger partial charge in [-0.3, -0.25) is 10.2 Å². The molecular weight excluding hydrogens is 400 g/mol. The molecule has 12 heteroatoms. The molecule has 3 rings (SSSR count). The Morgan fingerprint density at radius 2 is 1.50 bits per heavy atom. The molecule has 0 spiro atoms. The van der Waals surface area contributed by atoms with Crippen molar-refractivity contribution in [3.8, 4) is 11.5 Å². The van der Waals surface area contributed by atoms with Crippen LogP contribution in [-0.4, -0.2) is 29.7 Å². The molecule has 0 bridgehead atoms. The summed E-state index contributed by atoms with van der Waals surface area (Å²) in [4.78, 5) is 0. The normalized spacial score (nSPS) is 11.5. The average molecular weight is 423 g/mol. The highest BCUT2D eigenvalue weighted by Crippen LogP contribution is 2.35. The van der Waals surface area contributed by atoms with Gasteiger partial charge in [0.05, 0.1) is 0 Å². The van der Waals surface area contributed by atoms with Gasteiger partial charge in [-0.1, -0.05) is 20.8 Å². The molecule has 0 saturated carbocycles. The first-order valence-electron chi connectivity index (χ1n) is 8.39. The fraction of sp³-hybridized carbons (Fsp3) is 0.375. The summed E-state index contributed by atoms with van der Waals surface area (Å²) in [6, 6.07) is 5.58. The molecule has 0 unspecified atom stereocenters. The smallest absolute Gasteiger partial charge is 0.214 e. The summed E-state index contributed by atoms with van der Waals surface area (Å²) >= 11 is 10.0. The SMILES string of the molecule is CC(C)(C)c1cc(OCc2n[nH]c(=S)n2N)ccc1OCc1n[nH]c(=S)n1N. The van der Waals surface area contributed by atoms with E-state index in [-0.39, 0.29) is 18.6 Å². The summed E-state index contributed by atoms with van der Waals surface area (Å²) in [6.07, 6.45) is 0. The number of benzene rings is 1. The van der Waals surface area contributed by atoms with Crippen LogP contribution >= 0.6 is 24.4 Å². The maximum atomic E-state index is 5.94. The van der Waals surface area contributed by atoms with Crippen molar-refractivity contribution in [3.05, 3.63) is 45.0 Å².